The van der Waals surface area contributed by atoms with Crippen LogP contribution in [0, 0.1) is 12.7 Å². The molecule has 2 aromatic carbocycles. The summed E-state index contributed by atoms with van der Waals surface area (Å²) in [6.45, 7) is 1.60. The van der Waals surface area contributed by atoms with Crippen molar-refractivity contribution in [2.75, 3.05) is 5.32 Å². The number of nitrogens with zero attached hydrogens (tertiary/aromatic N) is 2. The molecule has 0 spiro atoms. The molecule has 1 amide bonds. The maximum Gasteiger partial charge on any atom is 0.258 e. The number of halogens is 2. The van der Waals surface area contributed by atoms with Crippen LogP contribution in [0.3, 0.4) is 0 Å². The number of fused-ring (bicyclic) bond motifs is 1. The lowest BCUT2D eigenvalue weighted by Gasteiger charge is -2.09. The summed E-state index contributed by atoms with van der Waals surface area (Å²) >= 11 is 7.11. The van der Waals surface area contributed by atoms with Gasteiger partial charge in [0.2, 0.25) is 0 Å². The third-order valence-corrected chi connectivity index (χ3v) is 3.91. The molecule has 0 fully saturated rings. The summed E-state index contributed by atoms with van der Waals surface area (Å²) in [5.41, 5.74) is 1.83. The highest BCUT2D eigenvalue weighted by Crippen LogP contribution is 2.30. The van der Waals surface area contributed by atoms with Crippen LogP contribution in [-0.2, 0) is 0 Å². The molecule has 21 heavy (non-hydrogen) atoms. The first-order valence-corrected chi connectivity index (χ1v) is 7.16. The maximum absolute atomic E-state index is 14.0. The first kappa shape index (κ1) is 13.9. The molecule has 0 saturated heterocycles. The van der Waals surface area contributed by atoms with Gasteiger partial charge in [-0.2, -0.15) is 8.75 Å². The van der Waals surface area contributed by atoms with Crippen LogP contribution in [0.5, 0.6) is 0 Å². The van der Waals surface area contributed by atoms with E-state index < -0.39 is 11.7 Å². The minimum absolute atomic E-state index is 0.0359. The summed E-state index contributed by atoms with van der Waals surface area (Å²) in [7, 11) is 0. The van der Waals surface area contributed by atoms with E-state index >= 15 is 0 Å². The van der Waals surface area contributed by atoms with Gasteiger partial charge < -0.3 is 5.32 Å². The molecular formula is C14H9ClFN3OS. The summed E-state index contributed by atoms with van der Waals surface area (Å²) in [6, 6.07) is 7.98. The highest BCUT2D eigenvalue weighted by Gasteiger charge is 2.17. The summed E-state index contributed by atoms with van der Waals surface area (Å²) in [4.78, 5) is 12.3. The number of aromatic nitrogens is 2. The van der Waals surface area contributed by atoms with Crippen molar-refractivity contribution in [2.45, 2.75) is 6.92 Å². The average molecular weight is 322 g/mol. The van der Waals surface area contributed by atoms with Crippen LogP contribution in [0.4, 0.5) is 10.1 Å². The fourth-order valence-corrected chi connectivity index (χ4v) is 2.69. The Morgan fingerprint density at radius 1 is 1.29 bits per heavy atom. The fraction of sp³-hybridized carbons (Fsp3) is 0.0714. The highest BCUT2D eigenvalue weighted by atomic mass is 35.5. The average Bonchev–Trinajstić information content (AvgIpc) is 2.93. The quantitative estimate of drug-likeness (QED) is 0.775. The third-order valence-electron chi connectivity index (χ3n) is 3.05. The van der Waals surface area contributed by atoms with Crippen molar-refractivity contribution in [3.8, 4) is 0 Å². The van der Waals surface area contributed by atoms with Crippen LogP contribution in [0.1, 0.15) is 15.9 Å². The first-order valence-electron chi connectivity index (χ1n) is 6.05. The molecule has 0 bridgehead atoms. The van der Waals surface area contributed by atoms with Gasteiger partial charge in [-0.1, -0.05) is 23.7 Å². The van der Waals surface area contributed by atoms with Gasteiger partial charge in [0.25, 0.3) is 5.91 Å². The summed E-state index contributed by atoms with van der Waals surface area (Å²) < 4.78 is 22.2. The van der Waals surface area contributed by atoms with E-state index in [0.29, 0.717) is 27.3 Å². The van der Waals surface area contributed by atoms with Crippen LogP contribution in [0.25, 0.3) is 11.0 Å². The predicted octanol–water partition coefficient (Wildman–Crippen LogP) is 4.04. The second-order valence-corrected chi connectivity index (χ2v) is 5.38. The zero-order valence-corrected chi connectivity index (χ0v) is 12.4. The number of aryl methyl sites for hydroxylation is 1. The van der Waals surface area contributed by atoms with Crippen molar-refractivity contribution in [1.29, 1.82) is 0 Å². The molecule has 1 aromatic heterocycles. The summed E-state index contributed by atoms with van der Waals surface area (Å²) in [5, 5.41) is 2.95. The van der Waals surface area contributed by atoms with E-state index in [1.165, 1.54) is 6.07 Å². The van der Waals surface area contributed by atoms with Crippen molar-refractivity contribution in [3.05, 3.63) is 52.3 Å². The van der Waals surface area contributed by atoms with Gasteiger partial charge in [0.15, 0.2) is 0 Å². The second-order valence-electron chi connectivity index (χ2n) is 4.44. The minimum Gasteiger partial charge on any atom is -0.319 e. The molecule has 0 aliphatic carbocycles. The molecule has 7 heteroatoms. The lowest BCUT2D eigenvalue weighted by molar-refractivity contribution is 0.102. The maximum atomic E-state index is 14.0. The van der Waals surface area contributed by atoms with Gasteiger partial charge in [0.05, 0.1) is 28.0 Å². The Labute approximate surface area is 128 Å². The Balaban J connectivity index is 2.02. The van der Waals surface area contributed by atoms with Crippen LogP contribution in [0.15, 0.2) is 30.3 Å². The molecule has 0 aliphatic heterocycles. The van der Waals surface area contributed by atoms with Crippen LogP contribution < -0.4 is 5.32 Å². The van der Waals surface area contributed by atoms with Crippen molar-refractivity contribution in [3.63, 3.8) is 0 Å². The Morgan fingerprint density at radius 2 is 2.10 bits per heavy atom. The van der Waals surface area contributed by atoms with Crippen molar-refractivity contribution in [2.24, 2.45) is 0 Å². The number of nitrogens with one attached hydrogen (secondary N) is 1. The van der Waals surface area contributed by atoms with E-state index in [-0.39, 0.29) is 5.56 Å². The van der Waals surface area contributed by atoms with Crippen molar-refractivity contribution < 1.29 is 9.18 Å². The summed E-state index contributed by atoms with van der Waals surface area (Å²) in [5.74, 6) is -1.12. The molecule has 4 nitrogen and oxygen atoms in total. The first-order chi connectivity index (χ1) is 10.1. The molecule has 3 aromatic rings. The van der Waals surface area contributed by atoms with Crippen LogP contribution in [0.2, 0.25) is 5.02 Å². The minimum atomic E-state index is -0.571. The molecule has 3 rings (SSSR count). The largest absolute Gasteiger partial charge is 0.319 e. The monoisotopic (exact) mass is 321 g/mol. The Hall–Kier alpha value is -2.05. The van der Waals surface area contributed by atoms with E-state index in [2.05, 4.69) is 14.1 Å². The van der Waals surface area contributed by atoms with Gasteiger partial charge >= 0.3 is 0 Å². The van der Waals surface area contributed by atoms with Crippen LogP contribution >= 0.6 is 23.3 Å². The molecule has 0 atom stereocenters. The number of benzene rings is 2. The van der Waals surface area contributed by atoms with Gasteiger partial charge in [-0.05, 0) is 30.7 Å². The zero-order valence-electron chi connectivity index (χ0n) is 10.9. The second kappa shape index (κ2) is 5.38. The molecule has 0 saturated carbocycles. The highest BCUT2D eigenvalue weighted by molar-refractivity contribution is 7.00. The Morgan fingerprint density at radius 3 is 2.90 bits per heavy atom. The van der Waals surface area contributed by atoms with E-state index in [9.17, 15) is 9.18 Å². The zero-order chi connectivity index (χ0) is 15.0. The normalized spacial score (nSPS) is 10.8. The predicted molar refractivity (Wildman–Crippen MR) is 81.5 cm³/mol. The number of amides is 1. The lowest BCUT2D eigenvalue weighted by Crippen LogP contribution is -2.15. The molecule has 0 unspecified atom stereocenters. The number of carbonyl (C=O) groups is 1. The smallest absolute Gasteiger partial charge is 0.258 e. The topological polar surface area (TPSA) is 54.9 Å². The molecule has 106 valence electrons. The Bertz CT molecular complexity index is 849. The number of rotatable bonds is 2. The lowest BCUT2D eigenvalue weighted by atomic mass is 10.1. The number of hydrogen-bond acceptors (Lipinski definition) is 4. The van der Waals surface area contributed by atoms with Gasteiger partial charge in [-0.3, -0.25) is 4.79 Å². The third kappa shape index (κ3) is 2.48. The fourth-order valence-electron chi connectivity index (χ4n) is 1.95. The molecular weight excluding hydrogens is 313 g/mol. The standard InChI is InChI=1S/C14H9ClFN3OS/c1-7-3-2-4-8(11(7)16)14(20)17-12-9(15)5-6-10-13(12)19-21-18-10/h2-6H,1H3,(H,17,20). The van der Waals surface area contributed by atoms with Crippen molar-refractivity contribution in [1.82, 2.24) is 8.75 Å². The van der Waals surface area contributed by atoms with Gasteiger partial charge in [-0.15, -0.1) is 0 Å². The van der Waals surface area contributed by atoms with Gasteiger partial charge in [0, 0.05) is 0 Å². The SMILES string of the molecule is Cc1cccc(C(=O)Nc2c(Cl)ccc3nsnc23)c1F. The van der Waals surface area contributed by atoms with Gasteiger partial charge in [-0.25, -0.2) is 4.39 Å². The molecule has 0 radical (unpaired) electrons. The number of hydrogen-bond donors (Lipinski definition) is 1. The molecule has 1 N–H and O–H groups in total. The summed E-state index contributed by atoms with van der Waals surface area (Å²) in [6.07, 6.45) is 0. The van der Waals surface area contributed by atoms with Crippen molar-refractivity contribution >= 4 is 46.0 Å². The molecule has 1 heterocycles. The number of carbonyl (C=O) groups excluding carboxylic acids is 1. The Kier molecular flexibility index (Phi) is 3.57. The van der Waals surface area contributed by atoms with E-state index in [0.717, 1.165) is 11.7 Å². The van der Waals surface area contributed by atoms with E-state index in [4.69, 9.17) is 11.6 Å². The molecule has 0 aliphatic rings. The van der Waals surface area contributed by atoms with Crippen LogP contribution in [-0.4, -0.2) is 14.7 Å². The van der Waals surface area contributed by atoms with E-state index in [1.807, 2.05) is 0 Å². The van der Waals surface area contributed by atoms with E-state index in [1.54, 1.807) is 31.2 Å². The number of anilines is 1. The van der Waals surface area contributed by atoms with Gasteiger partial charge in [0.1, 0.15) is 16.9 Å².